The fourth-order valence-corrected chi connectivity index (χ4v) is 1.74. The van der Waals surface area contributed by atoms with Gasteiger partial charge in [0.2, 0.25) is 11.8 Å². The van der Waals surface area contributed by atoms with Crippen LogP contribution in [0, 0.1) is 0 Å². The molecule has 5 nitrogen and oxygen atoms in total. The molecule has 1 heterocycles. The van der Waals surface area contributed by atoms with Crippen LogP contribution in [0.5, 0.6) is 0 Å². The zero-order valence-electron chi connectivity index (χ0n) is 9.99. The van der Waals surface area contributed by atoms with Crippen molar-refractivity contribution < 1.29 is 14.3 Å². The van der Waals surface area contributed by atoms with Crippen molar-refractivity contribution in [1.82, 2.24) is 10.2 Å². The fourth-order valence-electron chi connectivity index (χ4n) is 1.74. The number of amides is 2. The second kappa shape index (κ2) is 6.48. The summed E-state index contributed by atoms with van der Waals surface area (Å²) < 4.78 is 5.20. The average Bonchev–Trinajstić information content (AvgIpc) is 2.28. The van der Waals surface area contributed by atoms with Crippen molar-refractivity contribution in [3.8, 4) is 0 Å². The van der Waals surface area contributed by atoms with Gasteiger partial charge < -0.3 is 15.0 Å². The van der Waals surface area contributed by atoms with Gasteiger partial charge in [-0.15, -0.1) is 0 Å². The number of hydrogen-bond donors (Lipinski definition) is 1. The minimum absolute atomic E-state index is 0.0265. The van der Waals surface area contributed by atoms with Crippen LogP contribution in [0.15, 0.2) is 0 Å². The number of piperazine rings is 1. The molecule has 1 aliphatic rings. The van der Waals surface area contributed by atoms with Crippen LogP contribution in [-0.4, -0.2) is 49.1 Å². The Labute approximate surface area is 96.1 Å². The Morgan fingerprint density at radius 2 is 2.19 bits per heavy atom. The van der Waals surface area contributed by atoms with Crippen molar-refractivity contribution in [3.05, 3.63) is 0 Å². The van der Waals surface area contributed by atoms with E-state index in [1.807, 2.05) is 13.8 Å². The van der Waals surface area contributed by atoms with Gasteiger partial charge in [-0.05, 0) is 19.8 Å². The van der Waals surface area contributed by atoms with E-state index in [2.05, 4.69) is 5.32 Å². The van der Waals surface area contributed by atoms with Gasteiger partial charge in [0.1, 0.15) is 6.04 Å². The van der Waals surface area contributed by atoms with Gasteiger partial charge in [-0.25, -0.2) is 0 Å². The molecule has 0 aromatic rings. The van der Waals surface area contributed by atoms with Gasteiger partial charge in [-0.2, -0.15) is 0 Å². The number of ether oxygens (including phenoxy) is 1. The third-order valence-corrected chi connectivity index (χ3v) is 2.61. The summed E-state index contributed by atoms with van der Waals surface area (Å²) in [6.07, 6.45) is 1.43. The lowest BCUT2D eigenvalue weighted by Crippen LogP contribution is -2.57. The summed E-state index contributed by atoms with van der Waals surface area (Å²) in [5.74, 6) is -0.0403. The molecule has 92 valence electrons. The minimum Gasteiger partial charge on any atom is -0.382 e. The highest BCUT2D eigenvalue weighted by Gasteiger charge is 2.30. The van der Waals surface area contributed by atoms with Gasteiger partial charge in [0.15, 0.2) is 0 Å². The molecule has 2 amide bonds. The van der Waals surface area contributed by atoms with E-state index in [9.17, 15) is 9.59 Å². The lowest BCUT2D eigenvalue weighted by atomic mass is 10.1. The van der Waals surface area contributed by atoms with Gasteiger partial charge in [0, 0.05) is 19.8 Å². The summed E-state index contributed by atoms with van der Waals surface area (Å²) in [7, 11) is 0. The van der Waals surface area contributed by atoms with E-state index < -0.39 is 0 Å². The summed E-state index contributed by atoms with van der Waals surface area (Å²) in [5, 5.41) is 2.69. The van der Waals surface area contributed by atoms with E-state index >= 15 is 0 Å². The average molecular weight is 228 g/mol. The molecule has 0 aliphatic carbocycles. The molecule has 1 atom stereocenters. The first kappa shape index (κ1) is 13.0. The monoisotopic (exact) mass is 228 g/mol. The topological polar surface area (TPSA) is 58.6 Å². The number of carbonyl (C=O) groups excluding carboxylic acids is 2. The molecule has 1 fully saturated rings. The van der Waals surface area contributed by atoms with Crippen molar-refractivity contribution in [2.75, 3.05) is 26.3 Å². The Morgan fingerprint density at radius 1 is 1.44 bits per heavy atom. The van der Waals surface area contributed by atoms with E-state index in [0.717, 1.165) is 6.42 Å². The molecule has 0 bridgehead atoms. The highest BCUT2D eigenvalue weighted by atomic mass is 16.5. The summed E-state index contributed by atoms with van der Waals surface area (Å²) in [5.41, 5.74) is 0. The molecule has 1 aliphatic heterocycles. The molecular formula is C11H20N2O3. The first-order valence-electron chi connectivity index (χ1n) is 5.85. The predicted molar refractivity (Wildman–Crippen MR) is 59.9 cm³/mol. The summed E-state index contributed by atoms with van der Waals surface area (Å²) in [6, 6.07) is -0.339. The first-order valence-corrected chi connectivity index (χ1v) is 5.85. The molecule has 5 heteroatoms. The Bertz CT molecular complexity index is 256. The molecule has 0 radical (unpaired) electrons. The van der Waals surface area contributed by atoms with Crippen LogP contribution in [-0.2, 0) is 14.3 Å². The van der Waals surface area contributed by atoms with Gasteiger partial charge in [0.25, 0.3) is 0 Å². The van der Waals surface area contributed by atoms with E-state index in [0.29, 0.717) is 26.2 Å². The molecule has 0 aromatic carbocycles. The Hall–Kier alpha value is -1.10. The maximum absolute atomic E-state index is 11.8. The van der Waals surface area contributed by atoms with Crippen LogP contribution in [0.2, 0.25) is 0 Å². The van der Waals surface area contributed by atoms with Crippen molar-refractivity contribution in [2.45, 2.75) is 32.7 Å². The number of rotatable bonds is 6. The quantitative estimate of drug-likeness (QED) is 0.658. The smallest absolute Gasteiger partial charge is 0.245 e. The number of carbonyl (C=O) groups is 2. The van der Waals surface area contributed by atoms with E-state index in [-0.39, 0.29) is 24.4 Å². The first-order chi connectivity index (χ1) is 7.69. The zero-order valence-corrected chi connectivity index (χ0v) is 9.99. The normalized spacial score (nSPS) is 21.1. The van der Waals surface area contributed by atoms with Crippen LogP contribution in [0.4, 0.5) is 0 Å². The highest BCUT2D eigenvalue weighted by molar-refractivity contribution is 5.94. The van der Waals surface area contributed by atoms with Crippen LogP contribution >= 0.6 is 0 Å². The summed E-state index contributed by atoms with van der Waals surface area (Å²) in [4.78, 5) is 24.8. The number of nitrogens with zero attached hydrogens (tertiary/aromatic N) is 1. The van der Waals surface area contributed by atoms with Gasteiger partial charge in [-0.3, -0.25) is 9.59 Å². The maximum atomic E-state index is 11.8. The van der Waals surface area contributed by atoms with Crippen molar-refractivity contribution >= 4 is 11.8 Å². The number of nitrogens with one attached hydrogen (secondary N) is 1. The van der Waals surface area contributed by atoms with Crippen LogP contribution < -0.4 is 5.32 Å². The molecule has 1 saturated heterocycles. The van der Waals surface area contributed by atoms with Crippen molar-refractivity contribution in [2.24, 2.45) is 0 Å². The fraction of sp³-hybridized carbons (Fsp3) is 0.818. The van der Waals surface area contributed by atoms with E-state index in [1.54, 1.807) is 4.90 Å². The van der Waals surface area contributed by atoms with Crippen LogP contribution in [0.3, 0.4) is 0 Å². The molecule has 1 unspecified atom stereocenters. The van der Waals surface area contributed by atoms with Gasteiger partial charge in [0.05, 0.1) is 6.54 Å². The molecule has 0 aromatic heterocycles. The zero-order chi connectivity index (χ0) is 12.0. The molecule has 0 spiro atoms. The predicted octanol–water partition coefficient (Wildman–Crippen LogP) is 0.150. The van der Waals surface area contributed by atoms with E-state index in [4.69, 9.17) is 4.74 Å². The lowest BCUT2D eigenvalue weighted by Gasteiger charge is -2.32. The van der Waals surface area contributed by atoms with Crippen LogP contribution in [0.25, 0.3) is 0 Å². The third-order valence-electron chi connectivity index (χ3n) is 2.61. The van der Waals surface area contributed by atoms with Crippen LogP contribution in [0.1, 0.15) is 26.7 Å². The molecule has 0 saturated carbocycles. The highest BCUT2D eigenvalue weighted by Crippen LogP contribution is 2.06. The maximum Gasteiger partial charge on any atom is 0.245 e. The van der Waals surface area contributed by atoms with Crippen molar-refractivity contribution in [1.29, 1.82) is 0 Å². The standard InChI is InChI=1S/C11H20N2O3/c1-3-9-11(15)13(8-10(14)12-9)6-5-7-16-4-2/h9H,3-8H2,1-2H3,(H,12,14). The molecule has 1 rings (SSSR count). The van der Waals surface area contributed by atoms with E-state index in [1.165, 1.54) is 0 Å². The van der Waals surface area contributed by atoms with Gasteiger partial charge in [-0.1, -0.05) is 6.92 Å². The third kappa shape index (κ3) is 3.48. The van der Waals surface area contributed by atoms with Crippen molar-refractivity contribution in [3.63, 3.8) is 0 Å². The lowest BCUT2D eigenvalue weighted by molar-refractivity contribution is -0.144. The SMILES string of the molecule is CCOCCCN1CC(=O)NC(CC)C1=O. The molecule has 16 heavy (non-hydrogen) atoms. The second-order valence-corrected chi connectivity index (χ2v) is 3.84. The Kier molecular flexibility index (Phi) is 5.25. The number of hydrogen-bond acceptors (Lipinski definition) is 3. The Balaban J connectivity index is 2.38. The second-order valence-electron chi connectivity index (χ2n) is 3.84. The largest absolute Gasteiger partial charge is 0.382 e. The minimum atomic E-state index is -0.339. The Morgan fingerprint density at radius 3 is 2.81 bits per heavy atom. The molecule has 1 N–H and O–H groups in total. The van der Waals surface area contributed by atoms with Gasteiger partial charge >= 0.3 is 0 Å². The summed E-state index contributed by atoms with van der Waals surface area (Å²) in [6.45, 7) is 5.94. The summed E-state index contributed by atoms with van der Waals surface area (Å²) >= 11 is 0. The molecular weight excluding hydrogens is 208 g/mol.